The van der Waals surface area contributed by atoms with Crippen LogP contribution in [-0.2, 0) is 15.1 Å². The molecule has 1 aliphatic carbocycles. The summed E-state index contributed by atoms with van der Waals surface area (Å²) in [6.45, 7) is 6.11. The van der Waals surface area contributed by atoms with Crippen molar-refractivity contribution in [1.82, 2.24) is 10.2 Å². The Kier molecular flexibility index (Phi) is 8.43. The monoisotopic (exact) mass is 430 g/mol. The van der Waals surface area contributed by atoms with Crippen molar-refractivity contribution in [2.24, 2.45) is 0 Å². The number of benzene rings is 2. The quantitative estimate of drug-likeness (QED) is 0.424. The van der Waals surface area contributed by atoms with Crippen LogP contribution in [0.5, 0.6) is 0 Å². The first-order valence-corrected chi connectivity index (χ1v) is 11.6. The van der Waals surface area contributed by atoms with E-state index in [0.29, 0.717) is 6.42 Å². The third-order valence-electron chi connectivity index (χ3n) is 6.34. The first-order chi connectivity index (χ1) is 15.6. The summed E-state index contributed by atoms with van der Waals surface area (Å²) in [4.78, 5) is 29.0. The summed E-state index contributed by atoms with van der Waals surface area (Å²) < 4.78 is 0. The lowest BCUT2D eigenvalue weighted by molar-refractivity contribution is -0.146. The molecule has 2 aromatic rings. The highest BCUT2D eigenvalue weighted by molar-refractivity contribution is 5.98. The molecule has 1 fully saturated rings. The van der Waals surface area contributed by atoms with Gasteiger partial charge in [-0.1, -0.05) is 92.9 Å². The summed E-state index contributed by atoms with van der Waals surface area (Å²) in [5.74, 6) is -0.320. The second-order valence-corrected chi connectivity index (χ2v) is 8.37. The van der Waals surface area contributed by atoms with Crippen LogP contribution < -0.4 is 5.32 Å². The molecule has 1 aliphatic rings. The van der Waals surface area contributed by atoms with Crippen molar-refractivity contribution >= 4 is 17.9 Å². The molecule has 1 saturated carbocycles. The van der Waals surface area contributed by atoms with Crippen molar-refractivity contribution in [3.05, 3.63) is 90.5 Å². The van der Waals surface area contributed by atoms with Gasteiger partial charge in [0, 0.05) is 18.7 Å². The Bertz CT molecular complexity index is 917. The Morgan fingerprint density at radius 1 is 1.03 bits per heavy atom. The lowest BCUT2D eigenvalue weighted by atomic mass is 9.83. The molecule has 0 heterocycles. The number of hydrogen-bond acceptors (Lipinski definition) is 2. The van der Waals surface area contributed by atoms with Gasteiger partial charge in [-0.25, -0.2) is 0 Å². The van der Waals surface area contributed by atoms with Gasteiger partial charge in [-0.3, -0.25) is 9.59 Å². The summed E-state index contributed by atoms with van der Waals surface area (Å²) >= 11 is 0. The van der Waals surface area contributed by atoms with Crippen molar-refractivity contribution in [3.8, 4) is 0 Å². The minimum atomic E-state index is -1.11. The fraction of sp³-hybridized carbons (Fsp3) is 0.357. The fourth-order valence-electron chi connectivity index (χ4n) is 4.62. The van der Waals surface area contributed by atoms with Gasteiger partial charge in [-0.15, -0.1) is 6.58 Å². The third-order valence-corrected chi connectivity index (χ3v) is 6.34. The van der Waals surface area contributed by atoms with Gasteiger partial charge in [0.25, 0.3) is 5.91 Å². The number of carbonyl (C=O) groups is 2. The topological polar surface area (TPSA) is 49.4 Å². The number of nitrogens with one attached hydrogen (secondary N) is 1. The summed E-state index contributed by atoms with van der Waals surface area (Å²) in [6.07, 6.45) is 11.0. The van der Waals surface area contributed by atoms with Gasteiger partial charge in [0.05, 0.1) is 0 Å². The normalized spacial score (nSPS) is 16.3. The van der Waals surface area contributed by atoms with Crippen LogP contribution in [0.25, 0.3) is 6.08 Å². The predicted octanol–water partition coefficient (Wildman–Crippen LogP) is 5.47. The summed E-state index contributed by atoms with van der Waals surface area (Å²) in [7, 11) is 0. The number of hydrogen-bond donors (Lipinski definition) is 1. The van der Waals surface area contributed by atoms with Crippen molar-refractivity contribution in [2.45, 2.75) is 57.0 Å². The van der Waals surface area contributed by atoms with Crippen LogP contribution in [0.4, 0.5) is 0 Å². The van der Waals surface area contributed by atoms with E-state index in [9.17, 15) is 9.59 Å². The van der Waals surface area contributed by atoms with E-state index < -0.39 is 5.54 Å². The van der Waals surface area contributed by atoms with E-state index in [0.717, 1.165) is 36.8 Å². The molecule has 4 heteroatoms. The highest BCUT2D eigenvalue weighted by Gasteiger charge is 2.46. The molecule has 0 radical (unpaired) electrons. The molecule has 1 atom stereocenters. The van der Waals surface area contributed by atoms with Gasteiger partial charge in [0.15, 0.2) is 0 Å². The minimum absolute atomic E-state index is 0.110. The molecular weight excluding hydrogens is 396 g/mol. The van der Waals surface area contributed by atoms with Crippen LogP contribution in [0.15, 0.2) is 79.4 Å². The Labute approximate surface area is 192 Å². The molecule has 3 rings (SSSR count). The van der Waals surface area contributed by atoms with E-state index in [4.69, 9.17) is 0 Å². The Morgan fingerprint density at radius 2 is 1.66 bits per heavy atom. The second-order valence-electron chi connectivity index (χ2n) is 8.37. The van der Waals surface area contributed by atoms with Crippen molar-refractivity contribution < 1.29 is 9.59 Å². The van der Waals surface area contributed by atoms with Crippen LogP contribution in [0, 0.1) is 0 Å². The number of rotatable bonds is 9. The highest BCUT2D eigenvalue weighted by Crippen LogP contribution is 2.34. The van der Waals surface area contributed by atoms with Gasteiger partial charge in [0.2, 0.25) is 5.91 Å². The lowest BCUT2D eigenvalue weighted by Gasteiger charge is -2.43. The zero-order chi connectivity index (χ0) is 22.8. The Hall–Kier alpha value is -3.14. The first-order valence-electron chi connectivity index (χ1n) is 11.6. The van der Waals surface area contributed by atoms with Crippen LogP contribution in [-0.4, -0.2) is 29.3 Å². The van der Waals surface area contributed by atoms with Crippen molar-refractivity contribution in [3.63, 3.8) is 0 Å². The molecule has 1 N–H and O–H groups in total. The maximum absolute atomic E-state index is 13.9. The van der Waals surface area contributed by atoms with Gasteiger partial charge in [0.1, 0.15) is 5.54 Å². The number of carbonyl (C=O) groups excluding carboxylic acids is 2. The molecule has 1 unspecified atom stereocenters. The molecule has 0 aromatic heterocycles. The second kappa shape index (κ2) is 11.5. The standard InChI is InChI=1S/C28H34N2O2/c1-3-22-30(26(31)21-20-23-14-8-5-9-15-23)28(4-2,24-16-10-6-11-17-24)27(32)29-25-18-12-7-13-19-25/h3,5-6,8-11,14-17,20-21,25H,1,4,7,12-13,18-19,22H2,2H3,(H,29,32)/b21-20+. The third kappa shape index (κ3) is 5.37. The number of nitrogens with zero attached hydrogens (tertiary/aromatic N) is 1. The van der Waals surface area contributed by atoms with E-state index in [1.54, 1.807) is 23.1 Å². The molecule has 0 saturated heterocycles. The number of amides is 2. The summed E-state index contributed by atoms with van der Waals surface area (Å²) in [6, 6.07) is 19.5. The van der Waals surface area contributed by atoms with Gasteiger partial charge in [-0.2, -0.15) is 0 Å². The van der Waals surface area contributed by atoms with E-state index in [1.165, 1.54) is 6.42 Å². The SMILES string of the molecule is C=CCN(C(=O)/C=C/c1ccccc1)C(CC)(C(=O)NC1CCCCC1)c1ccccc1. The fourth-order valence-corrected chi connectivity index (χ4v) is 4.62. The zero-order valence-corrected chi connectivity index (χ0v) is 19.0. The van der Waals surface area contributed by atoms with Gasteiger partial charge in [-0.05, 0) is 36.5 Å². The Morgan fingerprint density at radius 3 is 2.25 bits per heavy atom. The molecule has 168 valence electrons. The van der Waals surface area contributed by atoms with Gasteiger partial charge >= 0.3 is 0 Å². The van der Waals surface area contributed by atoms with E-state index in [-0.39, 0.29) is 24.4 Å². The molecule has 4 nitrogen and oxygen atoms in total. The maximum atomic E-state index is 13.9. The zero-order valence-electron chi connectivity index (χ0n) is 19.0. The van der Waals surface area contributed by atoms with Crippen molar-refractivity contribution in [2.75, 3.05) is 6.54 Å². The van der Waals surface area contributed by atoms with Crippen LogP contribution in [0.3, 0.4) is 0 Å². The lowest BCUT2D eigenvalue weighted by Crippen LogP contribution is -2.59. The molecule has 0 bridgehead atoms. The van der Waals surface area contributed by atoms with Crippen LogP contribution in [0.1, 0.15) is 56.6 Å². The molecule has 2 aromatic carbocycles. The average Bonchev–Trinajstić information content (AvgIpc) is 2.84. The highest BCUT2D eigenvalue weighted by atomic mass is 16.2. The van der Waals surface area contributed by atoms with Crippen molar-refractivity contribution in [1.29, 1.82) is 0 Å². The first kappa shape index (κ1) is 23.5. The van der Waals surface area contributed by atoms with Crippen LogP contribution >= 0.6 is 0 Å². The smallest absolute Gasteiger partial charge is 0.250 e. The van der Waals surface area contributed by atoms with Gasteiger partial charge < -0.3 is 10.2 Å². The minimum Gasteiger partial charge on any atom is -0.351 e. The molecule has 0 aliphatic heterocycles. The van der Waals surface area contributed by atoms with E-state index in [2.05, 4.69) is 11.9 Å². The predicted molar refractivity (Wildman–Crippen MR) is 131 cm³/mol. The molecule has 2 amide bonds. The van der Waals surface area contributed by atoms with Crippen LogP contribution in [0.2, 0.25) is 0 Å². The summed E-state index contributed by atoms with van der Waals surface area (Å²) in [5, 5.41) is 3.29. The maximum Gasteiger partial charge on any atom is 0.250 e. The molecule has 0 spiro atoms. The summed E-state index contributed by atoms with van der Waals surface area (Å²) in [5.41, 5.74) is 0.650. The van der Waals surface area contributed by atoms with E-state index >= 15 is 0 Å². The van der Waals surface area contributed by atoms with E-state index in [1.807, 2.05) is 67.6 Å². The molecule has 32 heavy (non-hydrogen) atoms. The molecular formula is C28H34N2O2. The largest absolute Gasteiger partial charge is 0.351 e. The average molecular weight is 431 g/mol. The Balaban J connectivity index is 1.99.